The lowest BCUT2D eigenvalue weighted by Gasteiger charge is -2.34. The van der Waals surface area contributed by atoms with Gasteiger partial charge in [0, 0.05) is 24.3 Å². The summed E-state index contributed by atoms with van der Waals surface area (Å²) < 4.78 is 5.82. The average Bonchev–Trinajstić information content (AvgIpc) is 2.68. The van der Waals surface area contributed by atoms with Gasteiger partial charge in [-0.1, -0.05) is 11.6 Å². The van der Waals surface area contributed by atoms with Crippen LogP contribution in [0, 0.1) is 6.92 Å². The van der Waals surface area contributed by atoms with Gasteiger partial charge in [-0.3, -0.25) is 4.79 Å². The number of ether oxygens (including phenoxy) is 1. The molecule has 0 radical (unpaired) electrons. The fourth-order valence-corrected chi connectivity index (χ4v) is 2.87. The second kappa shape index (κ2) is 4.15. The molecule has 1 aromatic rings. The quantitative estimate of drug-likeness (QED) is 0.731. The lowest BCUT2D eigenvalue weighted by molar-refractivity contribution is 0.0304. The molecule has 2 bridgehead atoms. The molecule has 2 saturated heterocycles. The molecule has 2 heterocycles. The number of aryl methyl sites for hydroxylation is 1. The molecular formula is C14H17NO2. The Morgan fingerprint density at radius 3 is 2.65 bits per heavy atom. The van der Waals surface area contributed by atoms with E-state index >= 15 is 0 Å². The largest absolute Gasteiger partial charge is 0.371 e. The summed E-state index contributed by atoms with van der Waals surface area (Å²) in [7, 11) is 0. The molecule has 2 unspecified atom stereocenters. The summed E-state index contributed by atoms with van der Waals surface area (Å²) in [5.74, 6) is 0. The number of carbonyl (C=O) groups excluding carboxylic acids is 1. The van der Waals surface area contributed by atoms with Crippen molar-refractivity contribution in [1.82, 2.24) is 0 Å². The number of aldehydes is 1. The van der Waals surface area contributed by atoms with E-state index in [-0.39, 0.29) is 0 Å². The van der Waals surface area contributed by atoms with Crippen LogP contribution in [-0.2, 0) is 4.74 Å². The van der Waals surface area contributed by atoms with Gasteiger partial charge in [0.1, 0.15) is 0 Å². The summed E-state index contributed by atoms with van der Waals surface area (Å²) in [5.41, 5.74) is 2.99. The molecule has 3 rings (SSSR count). The number of hydrogen-bond acceptors (Lipinski definition) is 3. The maximum Gasteiger partial charge on any atom is 0.152 e. The zero-order valence-electron chi connectivity index (χ0n) is 10.1. The third-order valence-electron chi connectivity index (χ3n) is 3.69. The molecule has 0 aromatic heterocycles. The molecule has 2 aliphatic heterocycles. The van der Waals surface area contributed by atoms with Crippen molar-refractivity contribution in [3.63, 3.8) is 0 Å². The van der Waals surface area contributed by atoms with Gasteiger partial charge < -0.3 is 9.64 Å². The van der Waals surface area contributed by atoms with Crippen LogP contribution >= 0.6 is 0 Å². The van der Waals surface area contributed by atoms with E-state index in [1.54, 1.807) is 0 Å². The monoisotopic (exact) mass is 231 g/mol. The molecule has 0 N–H and O–H groups in total. The molecular weight excluding hydrogens is 214 g/mol. The third-order valence-corrected chi connectivity index (χ3v) is 3.69. The number of morpholine rings is 1. The summed E-state index contributed by atoms with van der Waals surface area (Å²) in [6.07, 6.45) is 3.98. The highest BCUT2D eigenvalue weighted by Gasteiger charge is 2.34. The molecule has 3 nitrogen and oxygen atoms in total. The van der Waals surface area contributed by atoms with Gasteiger partial charge in [-0.05, 0) is 31.9 Å². The topological polar surface area (TPSA) is 29.5 Å². The normalized spacial score (nSPS) is 27.2. The van der Waals surface area contributed by atoms with Gasteiger partial charge in [0.15, 0.2) is 6.29 Å². The van der Waals surface area contributed by atoms with Crippen molar-refractivity contribution < 1.29 is 9.53 Å². The van der Waals surface area contributed by atoms with Crippen LogP contribution in [0.5, 0.6) is 0 Å². The fraction of sp³-hybridized carbons (Fsp3) is 0.500. The highest BCUT2D eigenvalue weighted by Crippen LogP contribution is 2.31. The van der Waals surface area contributed by atoms with Gasteiger partial charge in [0.2, 0.25) is 0 Å². The van der Waals surface area contributed by atoms with Crippen molar-refractivity contribution in [3.8, 4) is 0 Å². The second-order valence-corrected chi connectivity index (χ2v) is 5.04. The summed E-state index contributed by atoms with van der Waals surface area (Å²) >= 11 is 0. The smallest absolute Gasteiger partial charge is 0.152 e. The lowest BCUT2D eigenvalue weighted by Crippen LogP contribution is -2.43. The van der Waals surface area contributed by atoms with Crippen molar-refractivity contribution in [1.29, 1.82) is 0 Å². The second-order valence-electron chi connectivity index (χ2n) is 5.04. The molecule has 2 atom stereocenters. The van der Waals surface area contributed by atoms with E-state index in [0.29, 0.717) is 12.2 Å². The van der Waals surface area contributed by atoms with Gasteiger partial charge >= 0.3 is 0 Å². The molecule has 0 saturated carbocycles. The molecule has 2 fully saturated rings. The van der Waals surface area contributed by atoms with Crippen LogP contribution in [0.25, 0.3) is 0 Å². The first-order valence-electron chi connectivity index (χ1n) is 6.22. The minimum Gasteiger partial charge on any atom is -0.371 e. The molecule has 17 heavy (non-hydrogen) atoms. The predicted octanol–water partition coefficient (Wildman–Crippen LogP) is 2.18. The molecule has 0 spiro atoms. The highest BCUT2D eigenvalue weighted by molar-refractivity contribution is 5.85. The maximum absolute atomic E-state index is 11.1. The van der Waals surface area contributed by atoms with Gasteiger partial charge in [-0.15, -0.1) is 0 Å². The van der Waals surface area contributed by atoms with Gasteiger partial charge in [0.25, 0.3) is 0 Å². The number of carbonyl (C=O) groups is 1. The first-order chi connectivity index (χ1) is 8.26. The minimum absolute atomic E-state index is 0.356. The van der Waals surface area contributed by atoms with Crippen molar-refractivity contribution >= 4 is 12.0 Å². The van der Waals surface area contributed by atoms with Gasteiger partial charge in [-0.2, -0.15) is 0 Å². The third kappa shape index (κ3) is 1.95. The van der Waals surface area contributed by atoms with Crippen LogP contribution in [0.15, 0.2) is 18.2 Å². The summed E-state index contributed by atoms with van der Waals surface area (Å²) in [6, 6.07) is 6.09. The lowest BCUT2D eigenvalue weighted by atomic mass is 10.1. The van der Waals surface area contributed by atoms with Crippen LogP contribution in [-0.4, -0.2) is 31.6 Å². The van der Waals surface area contributed by atoms with Crippen LogP contribution in [0.1, 0.15) is 28.8 Å². The van der Waals surface area contributed by atoms with E-state index < -0.39 is 0 Å². The fourth-order valence-electron chi connectivity index (χ4n) is 2.87. The van der Waals surface area contributed by atoms with E-state index in [1.807, 2.05) is 13.0 Å². The Balaban J connectivity index is 1.91. The molecule has 1 aromatic carbocycles. The summed E-state index contributed by atoms with van der Waals surface area (Å²) in [6.45, 7) is 3.85. The van der Waals surface area contributed by atoms with Crippen molar-refractivity contribution in [2.24, 2.45) is 0 Å². The Hall–Kier alpha value is -1.35. The van der Waals surface area contributed by atoms with Crippen LogP contribution in [0.4, 0.5) is 5.69 Å². The molecule has 2 aliphatic rings. The summed E-state index contributed by atoms with van der Waals surface area (Å²) in [4.78, 5) is 13.4. The Kier molecular flexibility index (Phi) is 2.63. The van der Waals surface area contributed by atoms with E-state index in [4.69, 9.17) is 4.74 Å². The molecule has 0 aliphatic carbocycles. The Morgan fingerprint density at radius 1 is 1.29 bits per heavy atom. The van der Waals surface area contributed by atoms with Crippen LogP contribution < -0.4 is 4.90 Å². The van der Waals surface area contributed by atoms with Crippen LogP contribution in [0.2, 0.25) is 0 Å². The Bertz CT molecular complexity index is 432. The molecule has 0 amide bonds. The Morgan fingerprint density at radius 2 is 2.00 bits per heavy atom. The number of anilines is 1. The number of rotatable bonds is 2. The van der Waals surface area contributed by atoms with Crippen molar-refractivity contribution in [2.75, 3.05) is 18.0 Å². The van der Waals surface area contributed by atoms with E-state index in [1.165, 1.54) is 0 Å². The molecule has 3 heteroatoms. The first kappa shape index (κ1) is 10.8. The number of fused-ring (bicyclic) bond motifs is 2. The van der Waals surface area contributed by atoms with Crippen molar-refractivity contribution in [2.45, 2.75) is 32.0 Å². The standard InChI is InChI=1S/C14H17NO2/c1-10-2-5-14(11(6-10)9-16)15-7-12-3-4-13(8-15)17-12/h2,5-6,9,12-13H,3-4,7-8H2,1H3. The Labute approximate surface area is 101 Å². The van der Waals surface area contributed by atoms with Gasteiger partial charge in [0.05, 0.1) is 12.2 Å². The summed E-state index contributed by atoms with van der Waals surface area (Å²) in [5, 5.41) is 0. The predicted molar refractivity (Wildman–Crippen MR) is 66.7 cm³/mol. The first-order valence-corrected chi connectivity index (χ1v) is 6.22. The highest BCUT2D eigenvalue weighted by atomic mass is 16.5. The zero-order valence-corrected chi connectivity index (χ0v) is 10.1. The van der Waals surface area contributed by atoms with E-state index in [0.717, 1.165) is 49.0 Å². The van der Waals surface area contributed by atoms with E-state index in [2.05, 4.69) is 17.0 Å². The van der Waals surface area contributed by atoms with Crippen molar-refractivity contribution in [3.05, 3.63) is 29.3 Å². The minimum atomic E-state index is 0.356. The molecule has 90 valence electrons. The SMILES string of the molecule is Cc1ccc(N2CC3CCC(C2)O3)c(C=O)c1. The van der Waals surface area contributed by atoms with Gasteiger partial charge in [-0.25, -0.2) is 0 Å². The number of nitrogens with zero attached hydrogens (tertiary/aromatic N) is 1. The van der Waals surface area contributed by atoms with E-state index in [9.17, 15) is 4.79 Å². The van der Waals surface area contributed by atoms with Crippen LogP contribution in [0.3, 0.4) is 0 Å². The number of hydrogen-bond donors (Lipinski definition) is 0. The maximum atomic E-state index is 11.1. The average molecular weight is 231 g/mol. The zero-order chi connectivity index (χ0) is 11.8. The number of benzene rings is 1.